The van der Waals surface area contributed by atoms with Gasteiger partial charge in [0.05, 0.1) is 0 Å². The second-order valence-corrected chi connectivity index (χ2v) is 3.31. The van der Waals surface area contributed by atoms with Crippen molar-refractivity contribution < 1.29 is 23.9 Å². The Morgan fingerprint density at radius 2 is 1.19 bits per heavy atom. The van der Waals surface area contributed by atoms with Crippen LogP contribution in [0.5, 0.6) is 0 Å². The molecular formula is C11H14O5. The third-order valence-electron chi connectivity index (χ3n) is 1.46. The third-order valence-corrected chi connectivity index (χ3v) is 1.46. The Morgan fingerprint density at radius 3 is 1.38 bits per heavy atom. The molecule has 0 N–H and O–H groups in total. The minimum absolute atomic E-state index is 0.109. The number of hydrogen-bond acceptors (Lipinski definition) is 5. The summed E-state index contributed by atoms with van der Waals surface area (Å²) in [5.74, 6) is -2.19. The van der Waals surface area contributed by atoms with Crippen LogP contribution in [0.2, 0.25) is 0 Å². The molecule has 0 aromatic heterocycles. The molecule has 16 heavy (non-hydrogen) atoms. The number of ketones is 1. The van der Waals surface area contributed by atoms with Gasteiger partial charge in [-0.3, -0.25) is 4.79 Å². The molecular weight excluding hydrogens is 212 g/mol. The number of hydrogen-bond donors (Lipinski definition) is 0. The molecule has 0 aliphatic carbocycles. The average Bonchev–Trinajstić information content (AvgIpc) is 2.15. The molecule has 0 bridgehead atoms. The molecule has 0 aromatic rings. The number of ether oxygens (including phenoxy) is 2. The summed E-state index contributed by atoms with van der Waals surface area (Å²) in [5, 5.41) is 0. The molecule has 0 unspecified atom stereocenters. The molecule has 0 atom stereocenters. The predicted molar refractivity (Wildman–Crippen MR) is 56.3 cm³/mol. The summed E-state index contributed by atoms with van der Waals surface area (Å²) in [6.45, 7) is 10.7. The van der Waals surface area contributed by atoms with E-state index < -0.39 is 24.0 Å². The summed E-state index contributed by atoms with van der Waals surface area (Å²) >= 11 is 0. The van der Waals surface area contributed by atoms with E-state index in [0.29, 0.717) is 0 Å². The SMILES string of the molecule is C=C(C)C(=O)OC(OC(=O)C(=C)C)C(C)=O. The molecule has 88 valence electrons. The van der Waals surface area contributed by atoms with E-state index >= 15 is 0 Å². The van der Waals surface area contributed by atoms with Crippen LogP contribution in [-0.4, -0.2) is 24.0 Å². The summed E-state index contributed by atoms with van der Waals surface area (Å²) in [5.41, 5.74) is 0.218. The first kappa shape index (κ1) is 14.1. The van der Waals surface area contributed by atoms with Crippen LogP contribution in [0.4, 0.5) is 0 Å². The van der Waals surface area contributed by atoms with E-state index in [9.17, 15) is 14.4 Å². The van der Waals surface area contributed by atoms with E-state index in [1.54, 1.807) is 0 Å². The highest BCUT2D eigenvalue weighted by molar-refractivity contribution is 5.93. The molecule has 0 aliphatic rings. The van der Waals surface area contributed by atoms with Gasteiger partial charge in [-0.25, -0.2) is 9.59 Å². The largest absolute Gasteiger partial charge is 0.414 e. The second kappa shape index (κ2) is 5.85. The van der Waals surface area contributed by atoms with Gasteiger partial charge in [-0.1, -0.05) is 13.2 Å². The van der Waals surface area contributed by atoms with Gasteiger partial charge >= 0.3 is 18.2 Å². The van der Waals surface area contributed by atoms with Crippen molar-refractivity contribution in [3.05, 3.63) is 24.3 Å². The van der Waals surface area contributed by atoms with E-state index in [2.05, 4.69) is 22.6 Å². The van der Waals surface area contributed by atoms with Gasteiger partial charge in [0, 0.05) is 18.1 Å². The zero-order valence-electron chi connectivity index (χ0n) is 9.53. The molecule has 0 fully saturated rings. The van der Waals surface area contributed by atoms with Gasteiger partial charge in [0.25, 0.3) is 0 Å². The van der Waals surface area contributed by atoms with Crippen LogP contribution in [0.25, 0.3) is 0 Å². The summed E-state index contributed by atoms with van der Waals surface area (Å²) in [4.78, 5) is 33.3. The van der Waals surface area contributed by atoms with Crippen LogP contribution in [0.15, 0.2) is 24.3 Å². The molecule has 0 radical (unpaired) electrons. The van der Waals surface area contributed by atoms with Crippen molar-refractivity contribution in [3.63, 3.8) is 0 Å². The van der Waals surface area contributed by atoms with Crippen molar-refractivity contribution in [2.45, 2.75) is 27.1 Å². The zero-order chi connectivity index (χ0) is 12.9. The molecule has 0 heterocycles. The molecule has 5 heteroatoms. The van der Waals surface area contributed by atoms with Gasteiger partial charge in [0.2, 0.25) is 5.78 Å². The summed E-state index contributed by atoms with van der Waals surface area (Å²) < 4.78 is 9.24. The van der Waals surface area contributed by atoms with Crippen molar-refractivity contribution in [1.82, 2.24) is 0 Å². The van der Waals surface area contributed by atoms with E-state index in [-0.39, 0.29) is 11.1 Å². The van der Waals surface area contributed by atoms with Gasteiger partial charge in [0.15, 0.2) is 0 Å². The first-order valence-electron chi connectivity index (χ1n) is 4.49. The van der Waals surface area contributed by atoms with E-state index in [0.717, 1.165) is 6.92 Å². The first-order valence-corrected chi connectivity index (χ1v) is 4.49. The highest BCUT2D eigenvalue weighted by Gasteiger charge is 2.24. The van der Waals surface area contributed by atoms with Crippen LogP contribution < -0.4 is 0 Å². The van der Waals surface area contributed by atoms with Gasteiger partial charge < -0.3 is 9.47 Å². The zero-order valence-corrected chi connectivity index (χ0v) is 9.53. The average molecular weight is 226 g/mol. The summed E-state index contributed by atoms with van der Waals surface area (Å²) in [7, 11) is 0. The van der Waals surface area contributed by atoms with Crippen LogP contribution in [-0.2, 0) is 23.9 Å². The van der Waals surface area contributed by atoms with Gasteiger partial charge in [0.1, 0.15) is 0 Å². The molecule has 5 nitrogen and oxygen atoms in total. The van der Waals surface area contributed by atoms with Gasteiger partial charge in [-0.15, -0.1) is 0 Å². The van der Waals surface area contributed by atoms with Crippen molar-refractivity contribution in [1.29, 1.82) is 0 Å². The molecule has 0 spiro atoms. The van der Waals surface area contributed by atoms with Crippen molar-refractivity contribution in [2.24, 2.45) is 0 Å². The second-order valence-electron chi connectivity index (χ2n) is 3.31. The Hall–Kier alpha value is -1.91. The number of carbonyl (C=O) groups excluding carboxylic acids is 3. The van der Waals surface area contributed by atoms with Crippen molar-refractivity contribution in [3.8, 4) is 0 Å². The monoisotopic (exact) mass is 226 g/mol. The number of Topliss-reactive ketones (excluding diaryl/α,β-unsaturated/α-hetero) is 1. The fourth-order valence-corrected chi connectivity index (χ4v) is 0.586. The Labute approximate surface area is 93.7 Å². The third kappa shape index (κ3) is 4.54. The number of carbonyl (C=O) groups is 3. The molecule has 0 amide bonds. The Kier molecular flexibility index (Phi) is 5.15. The maximum Gasteiger partial charge on any atom is 0.336 e. The fraction of sp³-hybridized carbons (Fsp3) is 0.364. The molecule has 0 saturated carbocycles. The van der Waals surface area contributed by atoms with E-state index in [1.165, 1.54) is 13.8 Å². The lowest BCUT2D eigenvalue weighted by molar-refractivity contribution is -0.186. The molecule has 0 aromatic carbocycles. The normalized spacial score (nSPS) is 9.50. The van der Waals surface area contributed by atoms with E-state index in [4.69, 9.17) is 0 Å². The Balaban J connectivity index is 4.58. The quantitative estimate of drug-likeness (QED) is 0.399. The predicted octanol–water partition coefficient (Wildman–Crippen LogP) is 1.14. The molecule has 0 saturated heterocycles. The van der Waals surface area contributed by atoms with Crippen molar-refractivity contribution >= 4 is 17.7 Å². The highest BCUT2D eigenvalue weighted by Crippen LogP contribution is 2.05. The lowest BCUT2D eigenvalue weighted by atomic mass is 10.3. The Bertz CT molecular complexity index is 325. The van der Waals surface area contributed by atoms with Crippen LogP contribution in [0.3, 0.4) is 0 Å². The highest BCUT2D eigenvalue weighted by atomic mass is 16.7. The fourth-order valence-electron chi connectivity index (χ4n) is 0.586. The van der Waals surface area contributed by atoms with Crippen molar-refractivity contribution in [2.75, 3.05) is 0 Å². The standard InChI is InChI=1S/C11H14O5/c1-6(2)9(13)15-11(8(5)12)16-10(14)7(3)4/h11H,1,3H2,2,4-5H3. The minimum Gasteiger partial charge on any atom is -0.414 e. The maximum atomic E-state index is 11.1. The minimum atomic E-state index is -1.55. The first-order chi connectivity index (χ1) is 7.25. The number of esters is 2. The summed E-state index contributed by atoms with van der Waals surface area (Å²) in [6.07, 6.45) is -1.55. The smallest absolute Gasteiger partial charge is 0.336 e. The molecule has 0 rings (SSSR count). The van der Waals surface area contributed by atoms with E-state index in [1.807, 2.05) is 0 Å². The van der Waals surface area contributed by atoms with Gasteiger partial charge in [-0.2, -0.15) is 0 Å². The van der Waals surface area contributed by atoms with Gasteiger partial charge in [-0.05, 0) is 13.8 Å². The lowest BCUT2D eigenvalue weighted by Gasteiger charge is -2.15. The van der Waals surface area contributed by atoms with Crippen LogP contribution in [0, 0.1) is 0 Å². The molecule has 0 aliphatic heterocycles. The number of rotatable bonds is 5. The summed E-state index contributed by atoms with van der Waals surface area (Å²) in [6, 6.07) is 0. The van der Waals surface area contributed by atoms with Crippen LogP contribution >= 0.6 is 0 Å². The van der Waals surface area contributed by atoms with Crippen LogP contribution in [0.1, 0.15) is 20.8 Å². The maximum absolute atomic E-state index is 11.1. The topological polar surface area (TPSA) is 69.7 Å². The Morgan fingerprint density at radius 1 is 0.875 bits per heavy atom. The lowest BCUT2D eigenvalue weighted by Crippen LogP contribution is -2.31.